The topological polar surface area (TPSA) is 38.0 Å². The fraction of sp³-hybridized carbons (Fsp3) is 0.143. The Morgan fingerprint density at radius 2 is 1.76 bits per heavy atom. The van der Waals surface area contributed by atoms with Crippen LogP contribution in [-0.4, -0.2) is 0 Å². The molecule has 0 spiro atoms. The number of nitrogens with two attached hydrogens (primary N) is 1. The van der Waals surface area contributed by atoms with Crippen molar-refractivity contribution < 1.29 is 4.39 Å². The molecule has 2 aromatic carbocycles. The second-order valence-corrected chi connectivity index (χ2v) is 4.17. The normalized spacial score (nSPS) is 10.3. The van der Waals surface area contributed by atoms with Crippen LogP contribution in [0.1, 0.15) is 11.1 Å². The van der Waals surface area contributed by atoms with Crippen molar-refractivity contribution >= 4 is 17.1 Å². The molecule has 0 bridgehead atoms. The van der Waals surface area contributed by atoms with Gasteiger partial charge in [0.1, 0.15) is 5.82 Å². The highest BCUT2D eigenvalue weighted by atomic mass is 19.1. The summed E-state index contributed by atoms with van der Waals surface area (Å²) in [6, 6.07) is 10.5. The zero-order valence-corrected chi connectivity index (χ0v) is 9.92. The number of anilines is 3. The van der Waals surface area contributed by atoms with Crippen LogP contribution in [0.2, 0.25) is 0 Å². The van der Waals surface area contributed by atoms with Gasteiger partial charge in [-0.05, 0) is 49.2 Å². The lowest BCUT2D eigenvalue weighted by Gasteiger charge is -2.12. The van der Waals surface area contributed by atoms with Gasteiger partial charge in [-0.2, -0.15) is 0 Å². The largest absolute Gasteiger partial charge is 0.397 e. The molecule has 0 saturated heterocycles. The Labute approximate surface area is 100 Å². The summed E-state index contributed by atoms with van der Waals surface area (Å²) in [4.78, 5) is 0. The second-order valence-electron chi connectivity index (χ2n) is 4.17. The molecular formula is C14H15FN2. The molecule has 0 aliphatic carbocycles. The number of hydrogen-bond acceptors (Lipinski definition) is 2. The second kappa shape index (κ2) is 4.45. The molecule has 3 heteroatoms. The minimum absolute atomic E-state index is 0.325. The summed E-state index contributed by atoms with van der Waals surface area (Å²) < 4.78 is 12.9. The van der Waals surface area contributed by atoms with Crippen LogP contribution in [0.5, 0.6) is 0 Å². The first-order chi connectivity index (χ1) is 8.06. The van der Waals surface area contributed by atoms with Gasteiger partial charge in [-0.1, -0.05) is 12.1 Å². The lowest BCUT2D eigenvalue weighted by Crippen LogP contribution is -1.98. The molecule has 2 rings (SSSR count). The number of halogens is 1. The Balaban J connectivity index is 2.34. The van der Waals surface area contributed by atoms with Crippen molar-refractivity contribution in [1.82, 2.24) is 0 Å². The summed E-state index contributed by atoms with van der Waals surface area (Å²) in [6.45, 7) is 4.04. The zero-order valence-electron chi connectivity index (χ0n) is 9.92. The predicted molar refractivity (Wildman–Crippen MR) is 70.0 cm³/mol. The number of nitrogens with one attached hydrogen (secondary N) is 1. The first-order valence-electron chi connectivity index (χ1n) is 5.45. The van der Waals surface area contributed by atoms with Gasteiger partial charge in [0.05, 0.1) is 11.4 Å². The van der Waals surface area contributed by atoms with Gasteiger partial charge in [0.25, 0.3) is 0 Å². The Morgan fingerprint density at radius 1 is 1.00 bits per heavy atom. The molecule has 0 aromatic heterocycles. The Bertz CT molecular complexity index is 550. The van der Waals surface area contributed by atoms with Gasteiger partial charge in [-0.3, -0.25) is 0 Å². The number of aryl methyl sites for hydroxylation is 2. The zero-order chi connectivity index (χ0) is 12.4. The summed E-state index contributed by atoms with van der Waals surface area (Å²) in [6.07, 6.45) is 0. The highest BCUT2D eigenvalue weighted by Crippen LogP contribution is 2.26. The van der Waals surface area contributed by atoms with E-state index < -0.39 is 0 Å². The lowest BCUT2D eigenvalue weighted by molar-refractivity contribution is 0.628. The van der Waals surface area contributed by atoms with Gasteiger partial charge in [0, 0.05) is 5.69 Å². The average Bonchev–Trinajstić information content (AvgIpc) is 2.27. The number of benzene rings is 2. The Morgan fingerprint density at radius 3 is 2.47 bits per heavy atom. The number of nitrogen functional groups attached to an aromatic ring is 1. The van der Waals surface area contributed by atoms with Crippen LogP contribution in [0.3, 0.4) is 0 Å². The number of rotatable bonds is 2. The Hall–Kier alpha value is -2.03. The van der Waals surface area contributed by atoms with E-state index in [1.54, 1.807) is 6.07 Å². The summed E-state index contributed by atoms with van der Waals surface area (Å²) in [5.41, 5.74) is 10.2. The minimum atomic E-state index is -0.325. The third-order valence-corrected chi connectivity index (χ3v) is 2.68. The summed E-state index contributed by atoms with van der Waals surface area (Å²) in [5.74, 6) is -0.325. The Kier molecular flexibility index (Phi) is 3.00. The lowest BCUT2D eigenvalue weighted by atomic mass is 10.1. The van der Waals surface area contributed by atoms with Crippen LogP contribution in [0.4, 0.5) is 21.5 Å². The quantitative estimate of drug-likeness (QED) is 0.771. The van der Waals surface area contributed by atoms with Crippen molar-refractivity contribution in [2.75, 3.05) is 11.1 Å². The van der Waals surface area contributed by atoms with Gasteiger partial charge in [0.15, 0.2) is 0 Å². The minimum Gasteiger partial charge on any atom is -0.397 e. The molecule has 88 valence electrons. The summed E-state index contributed by atoms with van der Waals surface area (Å²) in [5, 5.41) is 3.22. The highest BCUT2D eigenvalue weighted by molar-refractivity contribution is 5.74. The van der Waals surface area contributed by atoms with E-state index in [0.717, 1.165) is 16.9 Å². The van der Waals surface area contributed by atoms with E-state index in [0.29, 0.717) is 5.69 Å². The molecule has 2 nitrogen and oxygen atoms in total. The smallest absolute Gasteiger partial charge is 0.125 e. The van der Waals surface area contributed by atoms with Crippen LogP contribution >= 0.6 is 0 Å². The van der Waals surface area contributed by atoms with Gasteiger partial charge in [-0.25, -0.2) is 4.39 Å². The van der Waals surface area contributed by atoms with Crippen LogP contribution in [-0.2, 0) is 0 Å². The summed E-state index contributed by atoms with van der Waals surface area (Å²) >= 11 is 0. The molecule has 0 radical (unpaired) electrons. The van der Waals surface area contributed by atoms with Crippen LogP contribution in [0, 0.1) is 19.7 Å². The van der Waals surface area contributed by atoms with E-state index in [9.17, 15) is 4.39 Å². The molecule has 0 aliphatic rings. The monoisotopic (exact) mass is 230 g/mol. The van der Waals surface area contributed by atoms with E-state index in [4.69, 9.17) is 5.73 Å². The SMILES string of the molecule is Cc1ccc(C)c(Nc2ccc(F)cc2N)c1. The molecule has 0 fully saturated rings. The van der Waals surface area contributed by atoms with E-state index in [2.05, 4.69) is 11.4 Å². The molecule has 0 heterocycles. The molecule has 0 amide bonds. The van der Waals surface area contributed by atoms with Crippen molar-refractivity contribution in [3.05, 3.63) is 53.3 Å². The van der Waals surface area contributed by atoms with Crippen molar-refractivity contribution in [3.63, 3.8) is 0 Å². The van der Waals surface area contributed by atoms with Gasteiger partial charge in [0.2, 0.25) is 0 Å². The molecule has 2 aromatic rings. The molecular weight excluding hydrogens is 215 g/mol. The predicted octanol–water partition coefficient (Wildman–Crippen LogP) is 3.77. The third-order valence-electron chi connectivity index (χ3n) is 2.68. The van der Waals surface area contributed by atoms with E-state index >= 15 is 0 Å². The molecule has 0 saturated carbocycles. The van der Waals surface area contributed by atoms with Crippen LogP contribution < -0.4 is 11.1 Å². The van der Waals surface area contributed by atoms with Crippen LogP contribution in [0.15, 0.2) is 36.4 Å². The fourth-order valence-electron chi connectivity index (χ4n) is 1.66. The van der Waals surface area contributed by atoms with Crippen molar-refractivity contribution in [2.45, 2.75) is 13.8 Å². The molecule has 17 heavy (non-hydrogen) atoms. The standard InChI is InChI=1S/C14H15FN2/c1-9-3-4-10(2)14(7-9)17-13-6-5-11(15)8-12(13)16/h3-8,17H,16H2,1-2H3. The van der Waals surface area contributed by atoms with Gasteiger partial charge >= 0.3 is 0 Å². The highest BCUT2D eigenvalue weighted by Gasteiger charge is 2.03. The first kappa shape index (κ1) is 11.5. The maximum Gasteiger partial charge on any atom is 0.125 e. The van der Waals surface area contributed by atoms with E-state index in [1.807, 2.05) is 26.0 Å². The van der Waals surface area contributed by atoms with Crippen LogP contribution in [0.25, 0.3) is 0 Å². The van der Waals surface area contributed by atoms with E-state index in [-0.39, 0.29) is 5.82 Å². The number of hydrogen-bond donors (Lipinski definition) is 2. The summed E-state index contributed by atoms with van der Waals surface area (Å²) in [7, 11) is 0. The van der Waals surface area contributed by atoms with E-state index in [1.165, 1.54) is 17.7 Å². The molecule has 0 atom stereocenters. The van der Waals surface area contributed by atoms with Crippen molar-refractivity contribution in [1.29, 1.82) is 0 Å². The average molecular weight is 230 g/mol. The van der Waals surface area contributed by atoms with Gasteiger partial charge < -0.3 is 11.1 Å². The van der Waals surface area contributed by atoms with Crippen molar-refractivity contribution in [2.24, 2.45) is 0 Å². The molecule has 0 aliphatic heterocycles. The van der Waals surface area contributed by atoms with Gasteiger partial charge in [-0.15, -0.1) is 0 Å². The van der Waals surface area contributed by atoms with Crippen molar-refractivity contribution in [3.8, 4) is 0 Å². The first-order valence-corrected chi connectivity index (χ1v) is 5.45. The third kappa shape index (κ3) is 2.56. The maximum absolute atomic E-state index is 12.9. The molecule has 3 N–H and O–H groups in total. The maximum atomic E-state index is 12.9. The molecule has 0 unspecified atom stereocenters. The fourth-order valence-corrected chi connectivity index (χ4v) is 1.66.